The number of carbonyl (C=O) groups excluding carboxylic acids is 3. The Balaban J connectivity index is 1.19. The summed E-state index contributed by atoms with van der Waals surface area (Å²) in [4.78, 5) is 56.2. The van der Waals surface area contributed by atoms with Crippen molar-refractivity contribution >= 4 is 50.7 Å². The number of aryl methyl sites for hydroxylation is 1. The van der Waals surface area contributed by atoms with Gasteiger partial charge in [0.25, 0.3) is 11.7 Å². The van der Waals surface area contributed by atoms with Crippen molar-refractivity contribution in [1.29, 1.82) is 0 Å². The summed E-state index contributed by atoms with van der Waals surface area (Å²) in [6.07, 6.45) is 7.66. The number of aromatic nitrogens is 1. The topological polar surface area (TPSA) is 239 Å². The Bertz CT molecular complexity index is 3040. The molecule has 2 fully saturated rings. The Morgan fingerprint density at radius 1 is 0.945 bits per heavy atom. The van der Waals surface area contributed by atoms with Gasteiger partial charge < -0.3 is 64.6 Å². The summed E-state index contributed by atoms with van der Waals surface area (Å²) in [6, 6.07) is 2.93. The predicted octanol–water partition coefficient (Wildman–Crippen LogP) is 7.22. The lowest BCUT2D eigenvalue weighted by Gasteiger charge is -2.38. The summed E-state index contributed by atoms with van der Waals surface area (Å²) in [6.45, 7) is 14.7. The van der Waals surface area contributed by atoms with Crippen LogP contribution in [0, 0.1) is 43.3 Å². The van der Waals surface area contributed by atoms with E-state index in [2.05, 4.69) is 15.2 Å². The molecule has 73 heavy (non-hydrogen) atoms. The number of amides is 1. The summed E-state index contributed by atoms with van der Waals surface area (Å²) in [5.41, 5.74) is 0.975. The van der Waals surface area contributed by atoms with E-state index in [4.69, 9.17) is 18.9 Å². The number of hydrogen-bond acceptors (Lipinski definition) is 15. The van der Waals surface area contributed by atoms with E-state index >= 15 is 4.39 Å². The maximum Gasteiger partial charge on any atom is 0.312 e. The van der Waals surface area contributed by atoms with Crippen LogP contribution in [0.25, 0.3) is 21.7 Å². The maximum atomic E-state index is 16.0. The number of rotatable bonds is 7. The molecule has 1 amide bonds. The highest BCUT2D eigenvalue weighted by molar-refractivity contribution is 6.22. The highest BCUT2D eigenvalue weighted by Gasteiger charge is 2.50. The van der Waals surface area contributed by atoms with Crippen molar-refractivity contribution in [3.05, 3.63) is 92.8 Å². The number of aromatic hydroxyl groups is 3. The van der Waals surface area contributed by atoms with Gasteiger partial charge in [0.2, 0.25) is 0 Å². The first kappa shape index (κ1) is 52.8. The van der Waals surface area contributed by atoms with Crippen LogP contribution in [0.2, 0.25) is 0 Å². The van der Waals surface area contributed by atoms with Crippen molar-refractivity contribution in [3.8, 4) is 23.0 Å². The first-order valence-corrected chi connectivity index (χ1v) is 24.9. The van der Waals surface area contributed by atoms with Gasteiger partial charge in [-0.05, 0) is 58.2 Å². The maximum absolute atomic E-state index is 16.0. The van der Waals surface area contributed by atoms with E-state index in [9.17, 15) is 44.7 Å². The molecule has 1 aromatic heterocycles. The number of esters is 1. The van der Waals surface area contributed by atoms with Gasteiger partial charge in [-0.15, -0.1) is 0 Å². The molecule has 0 spiro atoms. The number of phenols is 3. The van der Waals surface area contributed by atoms with Crippen LogP contribution in [0.4, 0.5) is 15.8 Å². The van der Waals surface area contributed by atoms with Crippen molar-refractivity contribution in [2.24, 2.45) is 23.7 Å². The van der Waals surface area contributed by atoms with Gasteiger partial charge in [0.15, 0.2) is 11.2 Å². The molecule has 1 saturated carbocycles. The number of carbonyl (C=O) groups is 3. The molecule has 4 aromatic rings. The zero-order valence-corrected chi connectivity index (χ0v) is 42.9. The number of hydrogen-bond donors (Lipinski definition) is 7. The molecule has 5 aliphatic rings. The Morgan fingerprint density at radius 3 is 2.33 bits per heavy atom. The molecule has 0 unspecified atom stereocenters. The molecule has 17 nitrogen and oxygen atoms in total. The SMILES string of the molecule is CO[C@H]1/C=C/O[C@@]2(C)Oc3c(C)c(O)c4c(O)c(c(CN[C@@H]5CCN(c6cc7c(cc6F)c(=O)c(C)cn7C6CC6)C5)c(O)c4c3C2=O)NC(=O)/C(C)=C\C=C\[C@H](C)[C@H](O)[C@@H](C)[C@@H](O)[C@@H](C)[C@H](OC(C)=O)[C@@H]1C. The molecule has 5 heterocycles. The number of Topliss-reactive ketones (excluding diaryl/α,β-unsaturated/α-hetero) is 1. The molecule has 9 rings (SSSR count). The number of aliphatic hydroxyl groups excluding tert-OH is 2. The van der Waals surface area contributed by atoms with Crippen LogP contribution in [0.5, 0.6) is 23.0 Å². The third-order valence-corrected chi connectivity index (χ3v) is 15.4. The van der Waals surface area contributed by atoms with Gasteiger partial charge in [0, 0.05) is 116 Å². The number of allylic oxidation sites excluding steroid dienone is 2. The fourth-order valence-electron chi connectivity index (χ4n) is 10.7. The number of fused-ring (bicyclic) bond motifs is 15. The van der Waals surface area contributed by atoms with Gasteiger partial charge in [-0.25, -0.2) is 4.39 Å². The summed E-state index contributed by atoms with van der Waals surface area (Å²) in [5.74, 6) is -9.21. The fourth-order valence-corrected chi connectivity index (χ4v) is 10.7. The number of phenolic OH excluding ortho intramolecular Hbond substituents is 3. The summed E-state index contributed by atoms with van der Waals surface area (Å²) in [5, 5.41) is 65.4. The summed E-state index contributed by atoms with van der Waals surface area (Å²) < 4.78 is 41.8. The van der Waals surface area contributed by atoms with Gasteiger partial charge in [-0.3, -0.25) is 19.2 Å². The number of benzene rings is 3. The Hall–Kier alpha value is -6.47. The second-order valence-corrected chi connectivity index (χ2v) is 20.6. The average molecular weight is 1010 g/mol. The van der Waals surface area contributed by atoms with Gasteiger partial charge >= 0.3 is 11.8 Å². The first-order valence-electron chi connectivity index (χ1n) is 24.9. The second-order valence-electron chi connectivity index (χ2n) is 20.6. The van der Waals surface area contributed by atoms with Gasteiger partial charge in [-0.2, -0.15) is 0 Å². The quantitative estimate of drug-likeness (QED) is 0.0550. The number of aliphatic hydroxyl groups is 2. The van der Waals surface area contributed by atoms with Crippen LogP contribution in [-0.2, 0) is 30.3 Å². The van der Waals surface area contributed by atoms with Gasteiger partial charge in [-0.1, -0.05) is 45.9 Å². The van der Waals surface area contributed by atoms with E-state index in [0.717, 1.165) is 12.8 Å². The minimum Gasteiger partial charge on any atom is -0.507 e. The van der Waals surface area contributed by atoms with E-state index < -0.39 is 94.6 Å². The lowest BCUT2D eigenvalue weighted by atomic mass is 9.78. The number of nitrogens with one attached hydrogen (secondary N) is 2. The molecule has 1 saturated heterocycles. The summed E-state index contributed by atoms with van der Waals surface area (Å²) in [7, 11) is 1.43. The molecular formula is C55H67FN4O13. The standard InChI is InChI=1S/C55H67FN4O13/c1-25-12-11-13-26(2)54(69)58-44-36(22-57-33-16-18-59(24-33)39-21-38-35(20-37(39)56)46(63)27(3)23-60(38)34-14-15-34)49(66)41-42(50(44)67)48(65)31(7)52-43(41)53(68)55(9,73-52)71-19-17-40(70-10)28(4)51(72-32(8)61)30(6)47(64)29(5)45(25)62/h11-13,17,19-21,23,25,28-30,33-34,40,45,47,51,57,62,64-67H,14-16,18,22,24H2,1-10H3,(H,58,69)/b12-11+,19-17+,26-13-/t25-,28+,29+,30+,33+,40-,45-,47+,51+,55-/m0/s1. The Morgan fingerprint density at radius 2 is 1.66 bits per heavy atom. The average Bonchev–Trinajstić information content (AvgIpc) is 4.04. The van der Waals surface area contributed by atoms with Crippen LogP contribution in [-0.4, -0.2) is 104 Å². The number of methoxy groups -OCH3 is 1. The monoisotopic (exact) mass is 1010 g/mol. The number of anilines is 2. The van der Waals surface area contributed by atoms with Crippen molar-refractivity contribution < 1.29 is 63.3 Å². The highest BCUT2D eigenvalue weighted by atomic mass is 19.1. The molecule has 7 N–H and O–H groups in total. The van der Waals surface area contributed by atoms with E-state index in [1.54, 1.807) is 52.8 Å². The van der Waals surface area contributed by atoms with Crippen LogP contribution < -0.4 is 25.7 Å². The van der Waals surface area contributed by atoms with Crippen LogP contribution in [0.1, 0.15) is 101 Å². The molecule has 392 valence electrons. The van der Waals surface area contributed by atoms with E-state index in [1.807, 2.05) is 11.1 Å². The third kappa shape index (κ3) is 9.77. The fraction of sp³-hybridized carbons (Fsp3) is 0.491. The number of ether oxygens (including phenoxy) is 4. The van der Waals surface area contributed by atoms with Crippen LogP contribution in [0.3, 0.4) is 0 Å². The molecule has 5 bridgehead atoms. The molecule has 1 aliphatic carbocycles. The lowest BCUT2D eigenvalue weighted by molar-refractivity contribution is -0.160. The van der Waals surface area contributed by atoms with Gasteiger partial charge in [0.05, 0.1) is 52.4 Å². The molecule has 4 aliphatic heterocycles. The molecular weight excluding hydrogens is 944 g/mol. The highest BCUT2D eigenvalue weighted by Crippen LogP contribution is 2.55. The molecule has 3 aromatic carbocycles. The first-order chi connectivity index (χ1) is 34.5. The van der Waals surface area contributed by atoms with Gasteiger partial charge in [0.1, 0.15) is 29.2 Å². The van der Waals surface area contributed by atoms with Crippen molar-refractivity contribution in [2.75, 3.05) is 30.4 Å². The van der Waals surface area contributed by atoms with Crippen LogP contribution >= 0.6 is 0 Å². The number of nitrogens with zero attached hydrogens (tertiary/aromatic N) is 2. The van der Waals surface area contributed by atoms with E-state index in [0.29, 0.717) is 41.7 Å². The summed E-state index contributed by atoms with van der Waals surface area (Å²) >= 11 is 0. The Kier molecular flexibility index (Phi) is 14.8. The lowest BCUT2D eigenvalue weighted by Crippen LogP contribution is -2.46. The van der Waals surface area contributed by atoms with Crippen molar-refractivity contribution in [1.82, 2.24) is 9.88 Å². The number of ketones is 1. The van der Waals surface area contributed by atoms with Crippen LogP contribution in [0.15, 0.2) is 59.3 Å². The molecule has 0 radical (unpaired) electrons. The minimum atomic E-state index is -2.10. The molecule has 18 heteroatoms. The largest absolute Gasteiger partial charge is 0.507 e. The predicted molar refractivity (Wildman–Crippen MR) is 272 cm³/mol. The Labute approximate surface area is 422 Å². The van der Waals surface area contributed by atoms with Crippen molar-refractivity contribution in [2.45, 2.75) is 130 Å². The zero-order valence-electron chi connectivity index (χ0n) is 42.9. The smallest absolute Gasteiger partial charge is 0.312 e. The normalized spacial score (nSPS) is 29.7. The third-order valence-electron chi connectivity index (χ3n) is 15.4. The molecule has 10 atom stereocenters. The zero-order chi connectivity index (χ0) is 53.1. The number of halogens is 1. The minimum absolute atomic E-state index is 0.0265. The van der Waals surface area contributed by atoms with E-state index in [1.165, 1.54) is 59.3 Å². The number of pyridine rings is 1. The van der Waals surface area contributed by atoms with E-state index in [-0.39, 0.29) is 68.5 Å². The second kappa shape index (κ2) is 20.4. The van der Waals surface area contributed by atoms with Crippen molar-refractivity contribution in [3.63, 3.8) is 0 Å².